The van der Waals surface area contributed by atoms with Crippen LogP contribution in [0, 0.1) is 11.5 Å². The lowest BCUT2D eigenvalue weighted by atomic mass is 10.1. The van der Waals surface area contributed by atoms with Gasteiger partial charge in [-0.3, -0.25) is 4.79 Å². The number of nitrogens with one attached hydrogen (secondary N) is 1. The van der Waals surface area contributed by atoms with Crippen molar-refractivity contribution in [2.24, 2.45) is 0 Å². The summed E-state index contributed by atoms with van der Waals surface area (Å²) in [6, 6.07) is 14.7. The van der Waals surface area contributed by atoms with Crippen molar-refractivity contribution in [1.29, 1.82) is 5.26 Å². The maximum atomic E-state index is 12.2. The molecule has 1 fully saturated rings. The summed E-state index contributed by atoms with van der Waals surface area (Å²) >= 11 is 6.02. The zero-order valence-electron chi connectivity index (χ0n) is 17.5. The van der Waals surface area contributed by atoms with Crippen LogP contribution in [0.5, 0.6) is 5.75 Å². The molecular weight excluding hydrogens is 430 g/mol. The molecule has 1 aromatic heterocycles. The summed E-state index contributed by atoms with van der Waals surface area (Å²) in [6.45, 7) is 2.40. The lowest BCUT2D eigenvalue weighted by Crippen LogP contribution is -2.39. The molecule has 0 unspecified atom stereocenters. The van der Waals surface area contributed by atoms with Crippen LogP contribution < -0.4 is 10.1 Å². The van der Waals surface area contributed by atoms with Crippen molar-refractivity contribution < 1.29 is 14.1 Å². The zero-order valence-corrected chi connectivity index (χ0v) is 18.2. The zero-order chi connectivity index (χ0) is 22.5. The molecule has 3 aromatic rings. The third kappa shape index (κ3) is 5.37. The van der Waals surface area contributed by atoms with Gasteiger partial charge >= 0.3 is 0 Å². The van der Waals surface area contributed by atoms with Crippen LogP contribution in [0.1, 0.15) is 24.7 Å². The lowest BCUT2D eigenvalue weighted by Gasteiger charge is -2.13. The number of carbonyl (C=O) groups is 1. The highest BCUT2D eigenvalue weighted by Gasteiger charge is 2.29. The highest BCUT2D eigenvalue weighted by atomic mass is 35.5. The number of hydrogen-bond donors (Lipinski definition) is 1. The van der Waals surface area contributed by atoms with Crippen LogP contribution in [-0.4, -0.2) is 46.2 Å². The van der Waals surface area contributed by atoms with Gasteiger partial charge in [-0.05, 0) is 55.3 Å². The van der Waals surface area contributed by atoms with Gasteiger partial charge in [0.25, 0.3) is 11.8 Å². The minimum atomic E-state index is -0.214. The molecule has 164 valence electrons. The van der Waals surface area contributed by atoms with E-state index < -0.39 is 0 Å². The molecule has 0 saturated carbocycles. The number of benzene rings is 2. The molecule has 2 atom stereocenters. The molecule has 1 aliphatic heterocycles. The standard InChI is InChI=1S/C23H22ClN5O3/c1-15-9-19(12-29(15)14-25)26-22(30)13-31-20-7-5-17(6-8-20)23-27-21(28-32-23)11-16-3-2-4-18(24)10-16/h2-8,10,15,19H,9,11-13H2,1H3,(H,26,30)/t15-,19-/m1/s1. The topological polar surface area (TPSA) is 104 Å². The van der Waals surface area contributed by atoms with E-state index in [0.29, 0.717) is 35.5 Å². The second-order valence-electron chi connectivity index (χ2n) is 7.74. The van der Waals surface area contributed by atoms with Crippen LogP contribution in [-0.2, 0) is 11.2 Å². The summed E-state index contributed by atoms with van der Waals surface area (Å²) < 4.78 is 10.9. The Morgan fingerprint density at radius 2 is 2.16 bits per heavy atom. The number of amides is 1. The number of aromatic nitrogens is 2. The first-order valence-corrected chi connectivity index (χ1v) is 10.6. The van der Waals surface area contributed by atoms with Crippen LogP contribution in [0.2, 0.25) is 5.02 Å². The van der Waals surface area contributed by atoms with Crippen molar-refractivity contribution in [2.45, 2.75) is 31.8 Å². The number of likely N-dealkylation sites (tertiary alicyclic amines) is 1. The Labute approximate surface area is 190 Å². The molecule has 0 bridgehead atoms. The number of hydrogen-bond acceptors (Lipinski definition) is 7. The van der Waals surface area contributed by atoms with Crippen molar-refractivity contribution in [3.63, 3.8) is 0 Å². The second kappa shape index (κ2) is 9.71. The highest BCUT2D eigenvalue weighted by Crippen LogP contribution is 2.22. The van der Waals surface area contributed by atoms with E-state index in [1.807, 2.05) is 31.2 Å². The normalized spacial score (nSPS) is 17.7. The van der Waals surface area contributed by atoms with Crippen LogP contribution in [0.25, 0.3) is 11.5 Å². The molecule has 2 aromatic carbocycles. The summed E-state index contributed by atoms with van der Waals surface area (Å²) in [7, 11) is 0. The number of rotatable bonds is 7. The van der Waals surface area contributed by atoms with E-state index in [0.717, 1.165) is 17.5 Å². The maximum absolute atomic E-state index is 12.2. The Balaban J connectivity index is 1.28. The fourth-order valence-electron chi connectivity index (χ4n) is 3.66. The third-order valence-electron chi connectivity index (χ3n) is 5.26. The van der Waals surface area contributed by atoms with E-state index in [2.05, 4.69) is 21.7 Å². The quantitative estimate of drug-likeness (QED) is 0.549. The van der Waals surface area contributed by atoms with Crippen molar-refractivity contribution in [1.82, 2.24) is 20.4 Å². The van der Waals surface area contributed by atoms with Crippen LogP contribution >= 0.6 is 11.6 Å². The Hall–Kier alpha value is -3.57. The first-order chi connectivity index (χ1) is 15.5. The predicted molar refractivity (Wildman–Crippen MR) is 118 cm³/mol. The Bertz CT molecular complexity index is 1130. The van der Waals surface area contributed by atoms with Crippen LogP contribution in [0.4, 0.5) is 0 Å². The Morgan fingerprint density at radius 3 is 2.88 bits per heavy atom. The van der Waals surface area contributed by atoms with Gasteiger partial charge in [-0.1, -0.05) is 28.9 Å². The summed E-state index contributed by atoms with van der Waals surface area (Å²) in [5.74, 6) is 1.31. The van der Waals surface area contributed by atoms with Gasteiger partial charge in [0.2, 0.25) is 0 Å². The predicted octanol–water partition coefficient (Wildman–Crippen LogP) is 3.42. The van der Waals surface area contributed by atoms with Crippen molar-refractivity contribution in [3.8, 4) is 23.4 Å². The summed E-state index contributed by atoms with van der Waals surface area (Å²) in [6.07, 6.45) is 3.40. The molecule has 1 amide bonds. The smallest absolute Gasteiger partial charge is 0.258 e. The Kier molecular flexibility index (Phi) is 6.57. The van der Waals surface area contributed by atoms with E-state index in [1.165, 1.54) is 0 Å². The van der Waals surface area contributed by atoms with Gasteiger partial charge < -0.3 is 19.5 Å². The molecular formula is C23H22ClN5O3. The van der Waals surface area contributed by atoms with E-state index in [1.54, 1.807) is 29.2 Å². The average molecular weight is 452 g/mol. The van der Waals surface area contributed by atoms with E-state index in [9.17, 15) is 4.79 Å². The molecule has 0 radical (unpaired) electrons. The summed E-state index contributed by atoms with van der Waals surface area (Å²) in [5.41, 5.74) is 1.75. The number of nitrogens with zero attached hydrogens (tertiary/aromatic N) is 4. The minimum absolute atomic E-state index is 0.0400. The molecule has 8 nitrogen and oxygen atoms in total. The van der Waals surface area contributed by atoms with Crippen molar-refractivity contribution >= 4 is 17.5 Å². The van der Waals surface area contributed by atoms with Gasteiger partial charge in [0, 0.05) is 35.6 Å². The first-order valence-electron chi connectivity index (χ1n) is 10.3. The molecule has 4 rings (SSSR count). The van der Waals surface area contributed by atoms with E-state index in [4.69, 9.17) is 26.1 Å². The molecule has 1 N–H and O–H groups in total. The summed E-state index contributed by atoms with van der Waals surface area (Å²) in [4.78, 5) is 18.3. The minimum Gasteiger partial charge on any atom is -0.484 e. The largest absolute Gasteiger partial charge is 0.484 e. The molecule has 0 spiro atoms. The van der Waals surface area contributed by atoms with E-state index >= 15 is 0 Å². The highest BCUT2D eigenvalue weighted by molar-refractivity contribution is 6.30. The van der Waals surface area contributed by atoms with Crippen LogP contribution in [0.3, 0.4) is 0 Å². The average Bonchev–Trinajstić information content (AvgIpc) is 3.38. The number of halogens is 1. The molecule has 2 heterocycles. The maximum Gasteiger partial charge on any atom is 0.258 e. The number of ether oxygens (including phenoxy) is 1. The third-order valence-corrected chi connectivity index (χ3v) is 5.49. The van der Waals surface area contributed by atoms with Gasteiger partial charge in [-0.15, -0.1) is 0 Å². The van der Waals surface area contributed by atoms with Gasteiger partial charge in [0.05, 0.1) is 0 Å². The second-order valence-corrected chi connectivity index (χ2v) is 8.17. The van der Waals surface area contributed by atoms with Gasteiger partial charge in [0.15, 0.2) is 18.6 Å². The van der Waals surface area contributed by atoms with Gasteiger partial charge in [0.1, 0.15) is 5.75 Å². The fourth-order valence-corrected chi connectivity index (χ4v) is 3.87. The summed E-state index contributed by atoms with van der Waals surface area (Å²) in [5, 5.41) is 16.6. The lowest BCUT2D eigenvalue weighted by molar-refractivity contribution is -0.123. The molecule has 0 aliphatic carbocycles. The van der Waals surface area contributed by atoms with Crippen molar-refractivity contribution in [3.05, 3.63) is 64.9 Å². The SMILES string of the molecule is C[C@@H]1C[C@@H](NC(=O)COc2ccc(-c3nc(Cc4cccc(Cl)c4)no3)cc2)CN1C#N. The molecule has 9 heteroatoms. The van der Waals surface area contributed by atoms with Crippen LogP contribution in [0.15, 0.2) is 53.1 Å². The van der Waals surface area contributed by atoms with Gasteiger partial charge in [-0.25, -0.2) is 0 Å². The van der Waals surface area contributed by atoms with E-state index in [-0.39, 0.29) is 24.6 Å². The Morgan fingerprint density at radius 1 is 1.34 bits per heavy atom. The molecule has 1 saturated heterocycles. The molecule has 32 heavy (non-hydrogen) atoms. The monoisotopic (exact) mass is 451 g/mol. The molecule has 1 aliphatic rings. The number of carbonyl (C=O) groups excluding carboxylic acids is 1. The number of nitriles is 1. The fraction of sp³-hybridized carbons (Fsp3) is 0.304. The van der Waals surface area contributed by atoms with Crippen molar-refractivity contribution in [2.75, 3.05) is 13.2 Å². The first kappa shape index (κ1) is 21.7. The van der Waals surface area contributed by atoms with Gasteiger partial charge in [-0.2, -0.15) is 10.2 Å².